The van der Waals surface area contributed by atoms with Crippen molar-refractivity contribution < 1.29 is 13.9 Å². The first-order valence-corrected chi connectivity index (χ1v) is 8.76. The molecule has 128 valence electrons. The molecular formula is C17H20FN3O2S. The molecule has 1 unspecified atom stereocenters. The van der Waals surface area contributed by atoms with Crippen LogP contribution in [0.4, 0.5) is 14.2 Å². The van der Waals surface area contributed by atoms with Crippen LogP contribution in [0.3, 0.4) is 0 Å². The smallest absolute Gasteiger partial charge is 0.319 e. The second kappa shape index (κ2) is 8.23. The van der Waals surface area contributed by atoms with Crippen molar-refractivity contribution >= 4 is 22.4 Å². The van der Waals surface area contributed by atoms with E-state index in [0.29, 0.717) is 19.8 Å². The van der Waals surface area contributed by atoms with Crippen molar-refractivity contribution in [3.63, 3.8) is 0 Å². The average molecular weight is 349 g/mol. The SMILES string of the molecule is O=C(NCC(c1ccc(F)cc1)N1CCOCC1)Nc1cccs1. The van der Waals surface area contributed by atoms with E-state index < -0.39 is 0 Å². The van der Waals surface area contributed by atoms with E-state index >= 15 is 0 Å². The minimum atomic E-state index is -0.261. The zero-order chi connectivity index (χ0) is 16.8. The Kier molecular flexibility index (Phi) is 5.79. The molecule has 0 aliphatic carbocycles. The van der Waals surface area contributed by atoms with Crippen LogP contribution >= 0.6 is 11.3 Å². The van der Waals surface area contributed by atoms with Gasteiger partial charge in [0, 0.05) is 19.6 Å². The molecule has 1 aliphatic heterocycles. The number of thiophene rings is 1. The van der Waals surface area contributed by atoms with E-state index in [0.717, 1.165) is 23.7 Å². The van der Waals surface area contributed by atoms with Gasteiger partial charge in [0.15, 0.2) is 0 Å². The van der Waals surface area contributed by atoms with Gasteiger partial charge in [0.25, 0.3) is 0 Å². The Balaban J connectivity index is 1.65. The topological polar surface area (TPSA) is 53.6 Å². The second-order valence-electron chi connectivity index (χ2n) is 5.53. The third-order valence-electron chi connectivity index (χ3n) is 3.96. The lowest BCUT2D eigenvalue weighted by Gasteiger charge is -2.34. The van der Waals surface area contributed by atoms with Crippen LogP contribution in [-0.2, 0) is 4.74 Å². The molecular weight excluding hydrogens is 329 g/mol. The highest BCUT2D eigenvalue weighted by Gasteiger charge is 2.23. The van der Waals surface area contributed by atoms with E-state index in [9.17, 15) is 9.18 Å². The van der Waals surface area contributed by atoms with Crippen LogP contribution < -0.4 is 10.6 Å². The fourth-order valence-corrected chi connectivity index (χ4v) is 3.34. The fourth-order valence-electron chi connectivity index (χ4n) is 2.73. The van der Waals surface area contributed by atoms with E-state index in [1.165, 1.54) is 23.5 Å². The minimum Gasteiger partial charge on any atom is -0.379 e. The highest BCUT2D eigenvalue weighted by molar-refractivity contribution is 7.14. The number of benzene rings is 1. The van der Waals surface area contributed by atoms with Crippen LogP contribution in [0.2, 0.25) is 0 Å². The highest BCUT2D eigenvalue weighted by Crippen LogP contribution is 2.22. The Hall–Kier alpha value is -1.96. The summed E-state index contributed by atoms with van der Waals surface area (Å²) in [7, 11) is 0. The van der Waals surface area contributed by atoms with Crippen molar-refractivity contribution in [2.45, 2.75) is 6.04 Å². The largest absolute Gasteiger partial charge is 0.379 e. The van der Waals surface area contributed by atoms with Crippen LogP contribution in [0.1, 0.15) is 11.6 Å². The Labute approximate surface area is 144 Å². The summed E-state index contributed by atoms with van der Waals surface area (Å²) in [5.74, 6) is -0.261. The zero-order valence-corrected chi connectivity index (χ0v) is 14.0. The van der Waals surface area contributed by atoms with Crippen molar-refractivity contribution in [3.05, 3.63) is 53.2 Å². The number of morpholine rings is 1. The Morgan fingerprint density at radius 1 is 1.25 bits per heavy atom. The van der Waals surface area contributed by atoms with Crippen molar-refractivity contribution in [3.8, 4) is 0 Å². The molecule has 2 N–H and O–H groups in total. The predicted molar refractivity (Wildman–Crippen MR) is 92.9 cm³/mol. The second-order valence-corrected chi connectivity index (χ2v) is 6.48. The van der Waals surface area contributed by atoms with Gasteiger partial charge >= 0.3 is 6.03 Å². The normalized spacial score (nSPS) is 16.5. The number of amides is 2. The minimum absolute atomic E-state index is 0.0106. The first-order chi connectivity index (χ1) is 11.7. The van der Waals surface area contributed by atoms with E-state index in [1.54, 1.807) is 12.1 Å². The fraction of sp³-hybridized carbons (Fsp3) is 0.353. The Morgan fingerprint density at radius 2 is 2.00 bits per heavy atom. The zero-order valence-electron chi connectivity index (χ0n) is 13.2. The number of hydrogen-bond donors (Lipinski definition) is 2. The molecule has 24 heavy (non-hydrogen) atoms. The highest BCUT2D eigenvalue weighted by atomic mass is 32.1. The number of nitrogens with zero attached hydrogens (tertiary/aromatic N) is 1. The monoisotopic (exact) mass is 349 g/mol. The van der Waals surface area contributed by atoms with Crippen LogP contribution in [0.15, 0.2) is 41.8 Å². The molecule has 0 radical (unpaired) electrons. The standard InChI is InChI=1S/C17H20FN3O2S/c18-14-5-3-13(4-6-14)15(21-7-9-23-10-8-21)12-19-17(22)20-16-2-1-11-24-16/h1-6,11,15H,7-10,12H2,(H2,19,20,22). The van der Waals surface area contributed by atoms with E-state index in [2.05, 4.69) is 15.5 Å². The van der Waals surface area contributed by atoms with Crippen LogP contribution in [0, 0.1) is 5.82 Å². The molecule has 0 bridgehead atoms. The molecule has 7 heteroatoms. The maximum absolute atomic E-state index is 13.2. The Bertz CT molecular complexity index is 642. The lowest BCUT2D eigenvalue weighted by atomic mass is 10.0. The van der Waals surface area contributed by atoms with Gasteiger partial charge in [-0.3, -0.25) is 10.2 Å². The number of rotatable bonds is 5. The number of ether oxygens (including phenoxy) is 1. The molecule has 1 fully saturated rings. The van der Waals surface area contributed by atoms with Gasteiger partial charge in [-0.05, 0) is 35.2 Å². The molecule has 2 amide bonds. The molecule has 0 saturated carbocycles. The third kappa shape index (κ3) is 4.53. The lowest BCUT2D eigenvalue weighted by molar-refractivity contribution is 0.0167. The predicted octanol–water partition coefficient (Wildman–Crippen LogP) is 3.08. The van der Waals surface area contributed by atoms with Gasteiger partial charge in [0.1, 0.15) is 5.82 Å². The van der Waals surface area contributed by atoms with E-state index in [-0.39, 0.29) is 17.9 Å². The van der Waals surface area contributed by atoms with Crippen molar-refractivity contribution in [2.24, 2.45) is 0 Å². The van der Waals surface area contributed by atoms with Gasteiger partial charge < -0.3 is 10.1 Å². The molecule has 1 aliphatic rings. The van der Waals surface area contributed by atoms with Crippen LogP contribution in [-0.4, -0.2) is 43.8 Å². The summed E-state index contributed by atoms with van der Waals surface area (Å²) in [5, 5.41) is 8.43. The summed E-state index contributed by atoms with van der Waals surface area (Å²) in [4.78, 5) is 14.3. The summed E-state index contributed by atoms with van der Waals surface area (Å²) in [6.45, 7) is 3.35. The molecule has 5 nitrogen and oxygen atoms in total. The molecule has 1 aromatic heterocycles. The first-order valence-electron chi connectivity index (χ1n) is 7.88. The lowest BCUT2D eigenvalue weighted by Crippen LogP contribution is -2.44. The molecule has 1 saturated heterocycles. The Morgan fingerprint density at radius 3 is 2.67 bits per heavy atom. The van der Waals surface area contributed by atoms with Gasteiger partial charge in [-0.15, -0.1) is 11.3 Å². The van der Waals surface area contributed by atoms with Crippen molar-refractivity contribution in [2.75, 3.05) is 38.2 Å². The summed E-state index contributed by atoms with van der Waals surface area (Å²) >= 11 is 1.47. The van der Waals surface area contributed by atoms with Crippen molar-refractivity contribution in [1.82, 2.24) is 10.2 Å². The maximum atomic E-state index is 13.2. The summed E-state index contributed by atoms with van der Waals surface area (Å²) in [6, 6.07) is 9.94. The quantitative estimate of drug-likeness (QED) is 0.872. The van der Waals surface area contributed by atoms with E-state index in [4.69, 9.17) is 4.74 Å². The molecule has 2 heterocycles. The summed E-state index contributed by atoms with van der Waals surface area (Å²) in [6.07, 6.45) is 0. The number of nitrogens with one attached hydrogen (secondary N) is 2. The van der Waals surface area contributed by atoms with Gasteiger partial charge in [0.2, 0.25) is 0 Å². The first kappa shape index (κ1) is 16.9. The summed E-state index contributed by atoms with van der Waals surface area (Å²) in [5.41, 5.74) is 0.981. The maximum Gasteiger partial charge on any atom is 0.319 e. The van der Waals surface area contributed by atoms with E-state index in [1.807, 2.05) is 17.5 Å². The van der Waals surface area contributed by atoms with Gasteiger partial charge in [0.05, 0.1) is 24.3 Å². The van der Waals surface area contributed by atoms with Crippen LogP contribution in [0.5, 0.6) is 0 Å². The number of anilines is 1. The third-order valence-corrected chi connectivity index (χ3v) is 4.74. The molecule has 1 aromatic carbocycles. The van der Waals surface area contributed by atoms with Gasteiger partial charge in [-0.1, -0.05) is 12.1 Å². The van der Waals surface area contributed by atoms with Crippen molar-refractivity contribution in [1.29, 1.82) is 0 Å². The molecule has 1 atom stereocenters. The van der Waals surface area contributed by atoms with Crippen LogP contribution in [0.25, 0.3) is 0 Å². The number of hydrogen-bond acceptors (Lipinski definition) is 4. The number of carbonyl (C=O) groups excluding carboxylic acids is 1. The van der Waals surface area contributed by atoms with Gasteiger partial charge in [-0.25, -0.2) is 9.18 Å². The average Bonchev–Trinajstić information content (AvgIpc) is 3.10. The molecule has 0 spiro atoms. The number of urea groups is 1. The number of carbonyl (C=O) groups is 1. The molecule has 3 rings (SSSR count). The molecule has 2 aromatic rings. The number of halogens is 1. The summed E-state index contributed by atoms with van der Waals surface area (Å²) < 4.78 is 18.6. The van der Waals surface area contributed by atoms with Gasteiger partial charge in [-0.2, -0.15) is 0 Å².